The Morgan fingerprint density at radius 2 is 1.57 bits per heavy atom. The second-order valence-electron chi connectivity index (χ2n) is 4.91. The van der Waals surface area contributed by atoms with Gasteiger partial charge in [0, 0.05) is 25.0 Å². The summed E-state index contributed by atoms with van der Waals surface area (Å²) in [7, 11) is 1.62. The van der Waals surface area contributed by atoms with Crippen LogP contribution in [0.3, 0.4) is 0 Å². The van der Waals surface area contributed by atoms with Crippen molar-refractivity contribution in [1.82, 2.24) is 0 Å². The van der Waals surface area contributed by atoms with Crippen LogP contribution in [0.2, 0.25) is 0 Å². The van der Waals surface area contributed by atoms with Gasteiger partial charge in [-0.1, -0.05) is 12.1 Å². The van der Waals surface area contributed by atoms with Crippen LogP contribution < -0.4 is 9.64 Å². The standard InChI is InChI=1S/C18H20F2N2O/c1-23-18-8-4-16(5-9-18)21-14-15-2-6-17(7-3-15)22(12-10-19)13-11-20/h2-9,14H,10-13H2,1H3. The van der Waals surface area contributed by atoms with Crippen LogP contribution in [0.1, 0.15) is 5.56 Å². The minimum Gasteiger partial charge on any atom is -0.497 e. The third kappa shape index (κ3) is 5.06. The van der Waals surface area contributed by atoms with Crippen LogP contribution in [0.5, 0.6) is 5.75 Å². The van der Waals surface area contributed by atoms with Crippen LogP contribution >= 0.6 is 0 Å². The van der Waals surface area contributed by atoms with Gasteiger partial charge < -0.3 is 9.64 Å². The summed E-state index contributed by atoms with van der Waals surface area (Å²) in [6.45, 7) is -0.603. The van der Waals surface area contributed by atoms with Crippen molar-refractivity contribution < 1.29 is 13.5 Å². The van der Waals surface area contributed by atoms with Gasteiger partial charge in [0.05, 0.1) is 12.8 Å². The smallest absolute Gasteiger partial charge is 0.119 e. The molecule has 0 saturated carbocycles. The first-order chi connectivity index (χ1) is 11.3. The van der Waals surface area contributed by atoms with Gasteiger partial charge in [-0.05, 0) is 42.0 Å². The molecule has 0 N–H and O–H groups in total. The number of nitrogens with zero attached hydrogens (tertiary/aromatic N) is 2. The summed E-state index contributed by atoms with van der Waals surface area (Å²) in [5.41, 5.74) is 2.55. The van der Waals surface area contributed by atoms with E-state index in [-0.39, 0.29) is 13.1 Å². The van der Waals surface area contributed by atoms with E-state index in [0.29, 0.717) is 0 Å². The number of hydrogen-bond acceptors (Lipinski definition) is 3. The molecule has 0 heterocycles. The first-order valence-electron chi connectivity index (χ1n) is 7.42. The Morgan fingerprint density at radius 1 is 0.957 bits per heavy atom. The Labute approximate surface area is 135 Å². The van der Waals surface area contributed by atoms with Gasteiger partial charge in [0.15, 0.2) is 0 Å². The molecule has 23 heavy (non-hydrogen) atoms. The van der Waals surface area contributed by atoms with Crippen molar-refractivity contribution in [2.24, 2.45) is 4.99 Å². The predicted molar refractivity (Wildman–Crippen MR) is 90.9 cm³/mol. The topological polar surface area (TPSA) is 24.8 Å². The number of anilines is 1. The van der Waals surface area contributed by atoms with E-state index in [1.807, 2.05) is 48.5 Å². The van der Waals surface area contributed by atoms with E-state index in [1.165, 1.54) is 0 Å². The summed E-state index contributed by atoms with van der Waals surface area (Å²) in [6, 6.07) is 14.9. The third-order valence-corrected chi connectivity index (χ3v) is 3.40. The Balaban J connectivity index is 2.04. The number of ether oxygens (including phenoxy) is 1. The maximum atomic E-state index is 12.5. The molecule has 0 aliphatic heterocycles. The van der Waals surface area contributed by atoms with E-state index < -0.39 is 13.3 Å². The molecule has 0 bridgehead atoms. The van der Waals surface area contributed by atoms with Gasteiger partial charge in [0.25, 0.3) is 0 Å². The monoisotopic (exact) mass is 318 g/mol. The van der Waals surface area contributed by atoms with Crippen LogP contribution in [0.4, 0.5) is 20.2 Å². The highest BCUT2D eigenvalue weighted by atomic mass is 19.1. The molecule has 0 fully saturated rings. The van der Waals surface area contributed by atoms with Crippen LogP contribution in [0, 0.1) is 0 Å². The van der Waals surface area contributed by atoms with Crippen LogP contribution in [-0.4, -0.2) is 39.8 Å². The van der Waals surface area contributed by atoms with Crippen molar-refractivity contribution in [2.75, 3.05) is 38.4 Å². The van der Waals surface area contributed by atoms with E-state index >= 15 is 0 Å². The molecule has 2 rings (SSSR count). The molecule has 0 radical (unpaired) electrons. The second-order valence-corrected chi connectivity index (χ2v) is 4.91. The quantitative estimate of drug-likeness (QED) is 0.682. The maximum absolute atomic E-state index is 12.5. The average Bonchev–Trinajstić information content (AvgIpc) is 2.61. The summed E-state index contributed by atoms with van der Waals surface area (Å²) < 4.78 is 30.1. The summed E-state index contributed by atoms with van der Waals surface area (Å²) in [6.07, 6.45) is 1.75. The van der Waals surface area contributed by atoms with Gasteiger partial charge in [-0.3, -0.25) is 4.99 Å². The highest BCUT2D eigenvalue weighted by Crippen LogP contribution is 2.18. The molecule has 3 nitrogen and oxygen atoms in total. The first kappa shape index (κ1) is 16.9. The molecule has 0 aliphatic carbocycles. The van der Waals surface area contributed by atoms with E-state index in [2.05, 4.69) is 4.99 Å². The molecule has 0 aliphatic rings. The Morgan fingerprint density at radius 3 is 2.09 bits per heavy atom. The summed E-state index contributed by atoms with van der Waals surface area (Å²) in [5, 5.41) is 0. The number of benzene rings is 2. The molecular formula is C18H20F2N2O. The van der Waals surface area contributed by atoms with Crippen molar-refractivity contribution in [2.45, 2.75) is 0 Å². The number of alkyl halides is 2. The number of hydrogen-bond donors (Lipinski definition) is 0. The zero-order valence-corrected chi connectivity index (χ0v) is 13.1. The van der Waals surface area contributed by atoms with E-state index in [0.717, 1.165) is 22.7 Å². The first-order valence-corrected chi connectivity index (χ1v) is 7.42. The molecule has 0 amide bonds. The van der Waals surface area contributed by atoms with Crippen molar-refractivity contribution >= 4 is 17.6 Å². The fourth-order valence-corrected chi connectivity index (χ4v) is 2.16. The third-order valence-electron chi connectivity index (χ3n) is 3.40. The maximum Gasteiger partial charge on any atom is 0.119 e. The van der Waals surface area contributed by atoms with Crippen LogP contribution in [-0.2, 0) is 0 Å². The van der Waals surface area contributed by atoms with Gasteiger partial charge in [0.2, 0.25) is 0 Å². The zero-order chi connectivity index (χ0) is 16.5. The highest BCUT2D eigenvalue weighted by molar-refractivity contribution is 5.82. The fraction of sp³-hybridized carbons (Fsp3) is 0.278. The van der Waals surface area contributed by atoms with Crippen molar-refractivity contribution in [3.05, 3.63) is 54.1 Å². The molecule has 122 valence electrons. The van der Waals surface area contributed by atoms with Crippen LogP contribution in [0.25, 0.3) is 0 Å². The van der Waals surface area contributed by atoms with Gasteiger partial charge in [-0.2, -0.15) is 0 Å². The summed E-state index contributed by atoms with van der Waals surface area (Å²) >= 11 is 0. The Kier molecular flexibility index (Phi) is 6.54. The van der Waals surface area contributed by atoms with Gasteiger partial charge in [0.1, 0.15) is 19.1 Å². The Hall–Kier alpha value is -2.43. The lowest BCUT2D eigenvalue weighted by Crippen LogP contribution is -2.27. The van der Waals surface area contributed by atoms with Gasteiger partial charge in [-0.15, -0.1) is 0 Å². The van der Waals surface area contributed by atoms with E-state index in [9.17, 15) is 8.78 Å². The lowest BCUT2D eigenvalue weighted by molar-refractivity contribution is 0.415. The largest absolute Gasteiger partial charge is 0.497 e. The van der Waals surface area contributed by atoms with Gasteiger partial charge >= 0.3 is 0 Å². The highest BCUT2D eigenvalue weighted by Gasteiger charge is 2.05. The molecule has 2 aromatic rings. The molecule has 0 unspecified atom stereocenters. The minimum absolute atomic E-state index is 0.198. The number of halogens is 2. The molecule has 0 spiro atoms. The molecule has 5 heteroatoms. The number of rotatable bonds is 8. The predicted octanol–water partition coefficient (Wildman–Crippen LogP) is 4.19. The van der Waals surface area contributed by atoms with Crippen LogP contribution in [0.15, 0.2) is 53.5 Å². The van der Waals surface area contributed by atoms with E-state index in [4.69, 9.17) is 4.74 Å². The van der Waals surface area contributed by atoms with Crippen molar-refractivity contribution in [1.29, 1.82) is 0 Å². The summed E-state index contributed by atoms with van der Waals surface area (Å²) in [4.78, 5) is 6.07. The lowest BCUT2D eigenvalue weighted by Gasteiger charge is -2.22. The number of aliphatic imine (C=N–C) groups is 1. The summed E-state index contributed by atoms with van der Waals surface area (Å²) in [5.74, 6) is 0.786. The molecule has 0 atom stereocenters. The minimum atomic E-state index is -0.499. The van der Waals surface area contributed by atoms with Crippen molar-refractivity contribution in [3.8, 4) is 5.75 Å². The van der Waals surface area contributed by atoms with E-state index in [1.54, 1.807) is 18.2 Å². The number of methoxy groups -OCH3 is 1. The molecule has 0 aromatic heterocycles. The van der Waals surface area contributed by atoms with Gasteiger partial charge in [-0.25, -0.2) is 8.78 Å². The molecule has 0 saturated heterocycles. The SMILES string of the molecule is COc1ccc(N=Cc2ccc(N(CCF)CCF)cc2)cc1. The molecule has 2 aromatic carbocycles. The zero-order valence-electron chi connectivity index (χ0n) is 13.1. The fourth-order valence-electron chi connectivity index (χ4n) is 2.16. The second kappa shape index (κ2) is 8.88. The Bertz CT molecular complexity index is 606. The normalized spacial score (nSPS) is 10.9. The lowest BCUT2D eigenvalue weighted by atomic mass is 10.2. The van der Waals surface area contributed by atoms with Crippen molar-refractivity contribution in [3.63, 3.8) is 0 Å². The molecular weight excluding hydrogens is 298 g/mol. The average molecular weight is 318 g/mol.